The van der Waals surface area contributed by atoms with Crippen LogP contribution >= 0.6 is 0 Å². The summed E-state index contributed by atoms with van der Waals surface area (Å²) in [6.07, 6.45) is 2.70. The summed E-state index contributed by atoms with van der Waals surface area (Å²) in [6, 6.07) is 8.21. The first-order chi connectivity index (χ1) is 15.7. The molecule has 0 aliphatic rings. The number of methoxy groups -OCH3 is 2. The van der Waals surface area contributed by atoms with Gasteiger partial charge in [0.2, 0.25) is 21.7 Å². The molecule has 0 radical (unpaired) electrons. The quantitative estimate of drug-likeness (QED) is 0.422. The van der Waals surface area contributed by atoms with Gasteiger partial charge in [0.05, 0.1) is 25.4 Å². The van der Waals surface area contributed by atoms with Crippen molar-refractivity contribution in [2.45, 2.75) is 11.5 Å². The highest BCUT2D eigenvalue weighted by Gasteiger charge is 2.26. The Labute approximate surface area is 185 Å². The van der Waals surface area contributed by atoms with Crippen LogP contribution in [0.3, 0.4) is 0 Å². The summed E-state index contributed by atoms with van der Waals surface area (Å²) < 4.78 is 66.3. The summed E-state index contributed by atoms with van der Waals surface area (Å²) in [6.45, 7) is -3.19. The van der Waals surface area contributed by atoms with Crippen molar-refractivity contribution in [2.24, 2.45) is 5.14 Å². The van der Waals surface area contributed by atoms with E-state index in [2.05, 4.69) is 24.9 Å². The summed E-state index contributed by atoms with van der Waals surface area (Å²) in [5, 5.41) is 13.6. The Balaban J connectivity index is 2.08. The molecule has 3 heterocycles. The first-order valence-corrected chi connectivity index (χ1v) is 10.7. The van der Waals surface area contributed by atoms with Crippen molar-refractivity contribution < 1.29 is 31.4 Å². The number of halogens is 2. The molecule has 4 aromatic rings. The first kappa shape index (κ1) is 22.3. The van der Waals surface area contributed by atoms with E-state index in [-0.39, 0.29) is 28.0 Å². The zero-order chi connectivity index (χ0) is 23.8. The summed E-state index contributed by atoms with van der Waals surface area (Å²) in [5.74, 6) is -1.38. The third-order valence-corrected chi connectivity index (χ3v) is 5.48. The third kappa shape index (κ3) is 4.12. The van der Waals surface area contributed by atoms with Crippen molar-refractivity contribution in [2.75, 3.05) is 14.2 Å². The van der Waals surface area contributed by atoms with Gasteiger partial charge in [-0.1, -0.05) is 18.2 Å². The smallest absolute Gasteiger partial charge is 0.387 e. The number of hydrogen-bond donors (Lipinski definition) is 1. The van der Waals surface area contributed by atoms with Gasteiger partial charge in [-0.15, -0.1) is 0 Å². The number of hydrogen-bond acceptors (Lipinski definition) is 9. The van der Waals surface area contributed by atoms with Crippen LogP contribution in [0.2, 0.25) is 0 Å². The van der Waals surface area contributed by atoms with Gasteiger partial charge < -0.3 is 14.2 Å². The molecule has 4 rings (SSSR count). The van der Waals surface area contributed by atoms with E-state index in [1.165, 1.54) is 31.2 Å². The predicted octanol–water partition coefficient (Wildman–Crippen LogP) is 2.14. The van der Waals surface area contributed by atoms with Gasteiger partial charge in [0.25, 0.3) is 11.8 Å². The lowest BCUT2D eigenvalue weighted by Crippen LogP contribution is -2.12. The number of alkyl halides is 2. The predicted molar refractivity (Wildman–Crippen MR) is 111 cm³/mol. The molecule has 0 saturated heterocycles. The zero-order valence-electron chi connectivity index (χ0n) is 17.1. The Hall–Kier alpha value is -3.91. The maximum absolute atomic E-state index is 12.9. The molecule has 0 atom stereocenters. The summed E-state index contributed by atoms with van der Waals surface area (Å²) >= 11 is 0. The standard InChI is InChI=1S/C19H16F2N6O5S/c1-30-16-15(32-18(20)21)17(31-2)25-19(24-16)27-9-13(33(22,28)29)11-6-3-5-10(14(11)27)12-7-4-8-23-26-12/h3-9,18H,1-2H3,(H2,22,28,29). The Morgan fingerprint density at radius 3 is 2.30 bits per heavy atom. The lowest BCUT2D eigenvalue weighted by atomic mass is 10.1. The third-order valence-electron chi connectivity index (χ3n) is 4.54. The van der Waals surface area contributed by atoms with Crippen LogP contribution in [0, 0.1) is 0 Å². The molecule has 0 aliphatic heterocycles. The van der Waals surface area contributed by atoms with Gasteiger partial charge in [-0.05, 0) is 12.1 Å². The normalized spacial score (nSPS) is 11.7. The van der Waals surface area contributed by atoms with E-state index < -0.39 is 22.4 Å². The molecule has 0 saturated carbocycles. The van der Waals surface area contributed by atoms with Gasteiger partial charge in [0.15, 0.2) is 0 Å². The largest absolute Gasteiger partial charge is 0.478 e. The molecule has 0 aliphatic carbocycles. The van der Waals surface area contributed by atoms with Crippen molar-refractivity contribution in [3.63, 3.8) is 0 Å². The monoisotopic (exact) mass is 478 g/mol. The van der Waals surface area contributed by atoms with E-state index in [9.17, 15) is 17.2 Å². The molecule has 33 heavy (non-hydrogen) atoms. The van der Waals surface area contributed by atoms with Gasteiger partial charge in [0.1, 0.15) is 4.90 Å². The number of ether oxygens (including phenoxy) is 3. The van der Waals surface area contributed by atoms with Gasteiger partial charge in [-0.3, -0.25) is 4.57 Å². The van der Waals surface area contributed by atoms with Gasteiger partial charge in [0, 0.05) is 23.3 Å². The Morgan fingerprint density at radius 1 is 1.06 bits per heavy atom. The highest BCUT2D eigenvalue weighted by atomic mass is 32.2. The highest BCUT2D eigenvalue weighted by molar-refractivity contribution is 7.89. The fraction of sp³-hybridized carbons (Fsp3) is 0.158. The molecule has 0 bridgehead atoms. The van der Waals surface area contributed by atoms with Gasteiger partial charge >= 0.3 is 6.61 Å². The number of para-hydroxylation sites is 1. The number of fused-ring (bicyclic) bond motifs is 1. The summed E-state index contributed by atoms with van der Waals surface area (Å²) in [7, 11) is -1.78. The van der Waals surface area contributed by atoms with Crippen LogP contribution in [0.4, 0.5) is 8.78 Å². The van der Waals surface area contributed by atoms with Gasteiger partial charge in [-0.2, -0.15) is 28.9 Å². The summed E-state index contributed by atoms with van der Waals surface area (Å²) in [5.41, 5.74) is 1.25. The maximum Gasteiger partial charge on any atom is 0.387 e. The average Bonchev–Trinajstić information content (AvgIpc) is 3.20. The number of nitrogens with two attached hydrogens (primary N) is 1. The zero-order valence-corrected chi connectivity index (χ0v) is 18.0. The van der Waals surface area contributed by atoms with Gasteiger partial charge in [-0.25, -0.2) is 13.6 Å². The molecule has 14 heteroatoms. The number of benzene rings is 1. The molecule has 2 N–H and O–H groups in total. The van der Waals surface area contributed by atoms with Crippen molar-refractivity contribution in [1.82, 2.24) is 24.7 Å². The van der Waals surface area contributed by atoms with Crippen LogP contribution in [-0.2, 0) is 10.0 Å². The lowest BCUT2D eigenvalue weighted by Gasteiger charge is -2.14. The second kappa shape index (κ2) is 8.55. The molecule has 11 nitrogen and oxygen atoms in total. The first-order valence-electron chi connectivity index (χ1n) is 9.14. The van der Waals surface area contributed by atoms with Crippen LogP contribution in [0.1, 0.15) is 0 Å². The Morgan fingerprint density at radius 2 is 1.76 bits per heavy atom. The molecular weight excluding hydrogens is 462 g/mol. The fourth-order valence-electron chi connectivity index (χ4n) is 3.26. The molecular formula is C19H16F2N6O5S. The number of rotatable bonds is 7. The van der Waals surface area contributed by atoms with Crippen molar-refractivity contribution >= 4 is 20.9 Å². The van der Waals surface area contributed by atoms with Crippen LogP contribution in [0.25, 0.3) is 28.1 Å². The molecule has 0 spiro atoms. The van der Waals surface area contributed by atoms with Crippen LogP contribution in [0.15, 0.2) is 47.6 Å². The SMILES string of the molecule is COc1nc(-n2cc(S(N)(=O)=O)c3cccc(-c4cccnn4)c32)nc(OC)c1OC(F)F. The minimum Gasteiger partial charge on any atom is -0.478 e. The second-order valence-corrected chi connectivity index (χ2v) is 8.00. The van der Waals surface area contributed by atoms with E-state index in [1.54, 1.807) is 30.3 Å². The number of aromatic nitrogens is 5. The lowest BCUT2D eigenvalue weighted by molar-refractivity contribution is -0.0534. The van der Waals surface area contributed by atoms with Crippen LogP contribution in [0.5, 0.6) is 17.5 Å². The van der Waals surface area contributed by atoms with Crippen molar-refractivity contribution in [3.8, 4) is 34.7 Å². The van der Waals surface area contributed by atoms with Crippen molar-refractivity contribution in [1.29, 1.82) is 0 Å². The fourth-order valence-corrected chi connectivity index (χ4v) is 3.99. The maximum atomic E-state index is 12.9. The number of primary sulfonamides is 1. The van der Waals surface area contributed by atoms with E-state index >= 15 is 0 Å². The van der Waals surface area contributed by atoms with Crippen LogP contribution in [-0.4, -0.2) is 54.0 Å². The summed E-state index contributed by atoms with van der Waals surface area (Å²) in [4.78, 5) is 8.04. The minimum atomic E-state index is -4.17. The Kier molecular flexibility index (Phi) is 5.78. The van der Waals surface area contributed by atoms with E-state index in [0.29, 0.717) is 16.8 Å². The molecule has 0 fully saturated rings. The molecule has 3 aromatic heterocycles. The topological polar surface area (TPSA) is 144 Å². The highest BCUT2D eigenvalue weighted by Crippen LogP contribution is 2.38. The minimum absolute atomic E-state index is 0.151. The molecule has 0 amide bonds. The average molecular weight is 478 g/mol. The second-order valence-electron chi connectivity index (χ2n) is 6.47. The van der Waals surface area contributed by atoms with E-state index in [1.807, 2.05) is 0 Å². The van der Waals surface area contributed by atoms with Crippen LogP contribution < -0.4 is 19.3 Å². The molecule has 172 valence electrons. The number of nitrogens with zero attached hydrogens (tertiary/aromatic N) is 5. The molecule has 0 unspecified atom stereocenters. The van der Waals surface area contributed by atoms with E-state index in [4.69, 9.17) is 14.6 Å². The molecule has 1 aromatic carbocycles. The Bertz CT molecular complexity index is 1400. The van der Waals surface area contributed by atoms with E-state index in [0.717, 1.165) is 0 Å². The number of sulfonamides is 1. The van der Waals surface area contributed by atoms with Crippen molar-refractivity contribution in [3.05, 3.63) is 42.7 Å².